The van der Waals surface area contributed by atoms with Gasteiger partial charge in [-0.3, -0.25) is 0 Å². The Morgan fingerprint density at radius 1 is 0.982 bits per heavy atom. The lowest BCUT2D eigenvalue weighted by molar-refractivity contribution is -0.253. The van der Waals surface area contributed by atoms with Crippen LogP contribution in [-0.2, 0) is 20.9 Å². The Balaban J connectivity index is 1.52. The normalized spacial score (nSPS) is 24.3. The number of ether oxygens (including phenoxy) is 4. The van der Waals surface area contributed by atoms with Gasteiger partial charge in [-0.15, -0.1) is 6.58 Å². The van der Waals surface area contributed by atoms with Crippen molar-refractivity contribution in [3.8, 4) is 17.2 Å². The summed E-state index contributed by atoms with van der Waals surface area (Å²) in [4.78, 5) is 21.4. The number of nitrogens with zero attached hydrogens (tertiary/aromatic N) is 2. The van der Waals surface area contributed by atoms with Crippen molar-refractivity contribution >= 4 is 11.8 Å². The second-order valence-electron chi connectivity index (χ2n) is 15.2. The van der Waals surface area contributed by atoms with Crippen LogP contribution < -0.4 is 9.47 Å². The maximum absolute atomic E-state index is 14.0. The predicted octanol–water partition coefficient (Wildman–Crippen LogP) is 9.02. The standard InChI is InChI=1S/C46H58N2O8/c1-6-25-53-46-42(48(5)45(51)52-30-33-15-9-8-10-16-33)29-40(47-54-7-2)38-27-34(17-11-13-23-49)37(18-12-14-24-50)43(44(38)46)39-28-36(21-22-41(39)56-46)55-35-20-19-31(3)32(4)26-35/h6,8-10,15-16,19-22,26-28,34,37,42-44,49-50H,1,7,11-14,17-18,23-25,29-30H2,2-5H3/t34-,37+,42-,43+,44+,46+/m0/s1. The van der Waals surface area contributed by atoms with Crippen LogP contribution in [0.15, 0.2) is 96.2 Å². The van der Waals surface area contributed by atoms with Crippen LogP contribution in [0.25, 0.3) is 0 Å². The molecule has 6 atom stereocenters. The lowest BCUT2D eigenvalue weighted by Crippen LogP contribution is -2.69. The summed E-state index contributed by atoms with van der Waals surface area (Å²) in [6.07, 6.45) is 8.60. The zero-order chi connectivity index (χ0) is 39.7. The van der Waals surface area contributed by atoms with Gasteiger partial charge in [-0.1, -0.05) is 66.5 Å². The average molecular weight is 767 g/mol. The van der Waals surface area contributed by atoms with Gasteiger partial charge in [0.25, 0.3) is 0 Å². The number of amides is 1. The van der Waals surface area contributed by atoms with E-state index in [9.17, 15) is 15.0 Å². The number of hydrogen-bond donors (Lipinski definition) is 2. The van der Waals surface area contributed by atoms with Crippen LogP contribution in [0.3, 0.4) is 0 Å². The van der Waals surface area contributed by atoms with Crippen molar-refractivity contribution in [2.24, 2.45) is 22.9 Å². The van der Waals surface area contributed by atoms with Crippen molar-refractivity contribution in [2.45, 2.75) is 90.1 Å². The Kier molecular flexibility index (Phi) is 13.9. The van der Waals surface area contributed by atoms with Gasteiger partial charge in [0.1, 0.15) is 36.5 Å². The molecule has 0 radical (unpaired) electrons. The number of fused-ring (bicyclic) bond motifs is 2. The Labute approximate surface area is 331 Å². The molecular formula is C46H58N2O8. The SMILES string of the molecule is C=CCO[C@@]12Oc3ccc(Oc4ccc(C)c(C)c4)cc3[C@H]3[C@H](CCCCO)[C@@H](CCCCO)C=C(C(=NOCC)C[C@@H]1N(C)C(=O)OCc1ccccc1)[C@H]32. The molecule has 1 aliphatic heterocycles. The largest absolute Gasteiger partial charge is 0.459 e. The van der Waals surface area contributed by atoms with Crippen LogP contribution in [0.1, 0.15) is 80.0 Å². The lowest BCUT2D eigenvalue weighted by Gasteiger charge is -2.59. The second-order valence-corrected chi connectivity index (χ2v) is 15.2. The molecule has 0 bridgehead atoms. The van der Waals surface area contributed by atoms with E-state index in [2.05, 4.69) is 38.6 Å². The third kappa shape index (κ3) is 8.83. The molecule has 10 heteroatoms. The predicted molar refractivity (Wildman–Crippen MR) is 217 cm³/mol. The molecule has 56 heavy (non-hydrogen) atoms. The Bertz CT molecular complexity index is 1860. The number of likely N-dealkylation sites (N-methyl/N-ethyl adjacent to an activating group) is 1. The number of rotatable bonds is 18. The van der Waals surface area contributed by atoms with E-state index in [1.807, 2.05) is 61.5 Å². The van der Waals surface area contributed by atoms with Gasteiger partial charge in [0.15, 0.2) is 0 Å². The molecule has 2 N–H and O–H groups in total. The van der Waals surface area contributed by atoms with Crippen molar-refractivity contribution < 1.29 is 38.8 Å². The molecule has 3 aromatic rings. The van der Waals surface area contributed by atoms with E-state index in [1.54, 1.807) is 18.0 Å². The average Bonchev–Trinajstić information content (AvgIpc) is 3.21. The number of allylic oxidation sites excluding steroid dienone is 1. The third-order valence-electron chi connectivity index (χ3n) is 11.6. The van der Waals surface area contributed by atoms with Gasteiger partial charge in [-0.25, -0.2) is 4.79 Å². The number of oxime groups is 1. The van der Waals surface area contributed by atoms with Gasteiger partial charge in [-0.2, -0.15) is 0 Å². The molecule has 2 aliphatic carbocycles. The van der Waals surface area contributed by atoms with Crippen molar-refractivity contribution in [1.29, 1.82) is 0 Å². The Morgan fingerprint density at radius 3 is 2.43 bits per heavy atom. The summed E-state index contributed by atoms with van der Waals surface area (Å²) in [5, 5.41) is 24.4. The van der Waals surface area contributed by atoms with E-state index in [0.717, 1.165) is 59.4 Å². The molecule has 1 fully saturated rings. The summed E-state index contributed by atoms with van der Waals surface area (Å²) in [5.74, 6) is 0.392. The summed E-state index contributed by atoms with van der Waals surface area (Å²) < 4.78 is 26.6. The Morgan fingerprint density at radius 2 is 1.71 bits per heavy atom. The number of aliphatic hydroxyl groups excluding tert-OH is 2. The number of unbranched alkanes of at least 4 members (excludes halogenated alkanes) is 2. The Hall–Kier alpha value is -4.64. The monoisotopic (exact) mass is 766 g/mol. The van der Waals surface area contributed by atoms with Gasteiger partial charge >= 0.3 is 6.09 Å². The first-order valence-electron chi connectivity index (χ1n) is 20.1. The second kappa shape index (κ2) is 19.0. The fourth-order valence-corrected chi connectivity index (χ4v) is 8.80. The van der Waals surface area contributed by atoms with Gasteiger partial charge in [-0.05, 0) is 111 Å². The molecule has 1 saturated carbocycles. The third-order valence-corrected chi connectivity index (χ3v) is 11.6. The maximum atomic E-state index is 14.0. The molecule has 300 valence electrons. The first kappa shape index (κ1) is 41.0. The van der Waals surface area contributed by atoms with Crippen molar-refractivity contribution in [1.82, 2.24) is 4.90 Å². The zero-order valence-electron chi connectivity index (χ0n) is 33.3. The summed E-state index contributed by atoms with van der Waals surface area (Å²) in [5.41, 5.74) is 5.93. The van der Waals surface area contributed by atoms with E-state index in [0.29, 0.717) is 37.4 Å². The zero-order valence-corrected chi connectivity index (χ0v) is 33.3. The van der Waals surface area contributed by atoms with E-state index >= 15 is 0 Å². The summed E-state index contributed by atoms with van der Waals surface area (Å²) >= 11 is 0. The fraction of sp³-hybridized carbons (Fsp3) is 0.478. The molecule has 1 heterocycles. The van der Waals surface area contributed by atoms with Gasteiger partial charge < -0.3 is 38.9 Å². The minimum Gasteiger partial charge on any atom is -0.459 e. The van der Waals surface area contributed by atoms with Crippen LogP contribution >= 0.6 is 0 Å². The van der Waals surface area contributed by atoms with Crippen molar-refractivity contribution in [3.05, 3.63) is 113 Å². The topological polar surface area (TPSA) is 119 Å². The molecule has 10 nitrogen and oxygen atoms in total. The summed E-state index contributed by atoms with van der Waals surface area (Å²) in [7, 11) is 1.73. The fourth-order valence-electron chi connectivity index (χ4n) is 8.80. The molecule has 0 unspecified atom stereocenters. The highest BCUT2D eigenvalue weighted by Crippen LogP contribution is 2.62. The molecular weight excluding hydrogens is 709 g/mol. The minimum atomic E-state index is -1.36. The van der Waals surface area contributed by atoms with Crippen LogP contribution in [0.5, 0.6) is 17.2 Å². The van der Waals surface area contributed by atoms with Gasteiger partial charge in [0, 0.05) is 38.2 Å². The van der Waals surface area contributed by atoms with Crippen LogP contribution in [0.2, 0.25) is 0 Å². The van der Waals surface area contributed by atoms with E-state index in [1.165, 1.54) is 5.56 Å². The molecule has 3 aromatic carbocycles. The quantitative estimate of drug-likeness (QED) is 0.0748. The number of hydrogen-bond acceptors (Lipinski definition) is 9. The van der Waals surface area contributed by atoms with Crippen molar-refractivity contribution in [2.75, 3.05) is 33.5 Å². The maximum Gasteiger partial charge on any atom is 0.410 e. The highest BCUT2D eigenvalue weighted by atomic mass is 16.7. The number of carbonyl (C=O) groups excluding carboxylic acids is 1. The first-order valence-corrected chi connectivity index (χ1v) is 20.1. The van der Waals surface area contributed by atoms with Crippen LogP contribution in [0, 0.1) is 31.6 Å². The molecule has 1 amide bonds. The van der Waals surface area contributed by atoms with Crippen molar-refractivity contribution in [3.63, 3.8) is 0 Å². The summed E-state index contributed by atoms with van der Waals surface area (Å²) in [6, 6.07) is 21.0. The van der Waals surface area contributed by atoms with Gasteiger partial charge in [0.05, 0.1) is 18.2 Å². The molecule has 6 rings (SSSR count). The number of benzene rings is 3. The lowest BCUT2D eigenvalue weighted by atomic mass is 9.55. The van der Waals surface area contributed by atoms with E-state index < -0.39 is 23.8 Å². The van der Waals surface area contributed by atoms with Crippen LogP contribution in [0.4, 0.5) is 4.79 Å². The number of aryl methyl sites for hydroxylation is 2. The van der Waals surface area contributed by atoms with Gasteiger partial charge in [0.2, 0.25) is 5.79 Å². The number of aliphatic hydroxyl groups is 2. The molecule has 0 saturated heterocycles. The summed E-state index contributed by atoms with van der Waals surface area (Å²) in [6.45, 7) is 11.0. The molecule has 0 spiro atoms. The highest BCUT2D eigenvalue weighted by molar-refractivity contribution is 6.02. The van der Waals surface area contributed by atoms with E-state index in [-0.39, 0.29) is 44.2 Å². The molecule has 0 aromatic heterocycles. The van der Waals surface area contributed by atoms with Crippen LogP contribution in [-0.4, -0.2) is 72.2 Å². The number of carbonyl (C=O) groups is 1. The minimum absolute atomic E-state index is 0.0997. The molecule has 3 aliphatic rings. The smallest absolute Gasteiger partial charge is 0.410 e. The van der Waals surface area contributed by atoms with E-state index in [4.69, 9.17) is 28.9 Å². The first-order chi connectivity index (χ1) is 27.2. The highest BCUT2D eigenvalue weighted by Gasteiger charge is 2.65.